The first-order valence-corrected chi connectivity index (χ1v) is 5.85. The third-order valence-corrected chi connectivity index (χ3v) is 3.04. The minimum absolute atomic E-state index is 0.0801. The van der Waals surface area contributed by atoms with E-state index in [0.717, 1.165) is 23.4 Å². The number of imidazole rings is 1. The first kappa shape index (κ1) is 11.8. The SMILES string of the molecule is CCn1nc(C)c2[nH]c(=S)n(CC(=O)NC)c21. The molecular weight excluding hydrogens is 238 g/mol. The Kier molecular flexibility index (Phi) is 3.01. The van der Waals surface area contributed by atoms with Crippen molar-refractivity contribution in [3.05, 3.63) is 10.5 Å². The number of H-pyrrole nitrogens is 1. The van der Waals surface area contributed by atoms with E-state index in [1.54, 1.807) is 11.6 Å². The van der Waals surface area contributed by atoms with E-state index in [1.807, 2.05) is 18.5 Å². The number of likely N-dealkylation sites (N-methyl/N-ethyl adjacent to an activating group) is 1. The molecule has 2 heterocycles. The van der Waals surface area contributed by atoms with Crippen molar-refractivity contribution in [3.63, 3.8) is 0 Å². The molecule has 0 aliphatic heterocycles. The molecule has 0 aliphatic carbocycles. The quantitative estimate of drug-likeness (QED) is 0.801. The van der Waals surface area contributed by atoms with Gasteiger partial charge in [0.2, 0.25) is 5.91 Å². The molecule has 0 radical (unpaired) electrons. The summed E-state index contributed by atoms with van der Waals surface area (Å²) in [7, 11) is 1.61. The molecular formula is C10H15N5OS. The van der Waals surface area contributed by atoms with E-state index in [4.69, 9.17) is 12.2 Å². The van der Waals surface area contributed by atoms with Crippen LogP contribution in [0.5, 0.6) is 0 Å². The zero-order valence-corrected chi connectivity index (χ0v) is 10.9. The van der Waals surface area contributed by atoms with Crippen molar-refractivity contribution < 1.29 is 4.79 Å². The minimum Gasteiger partial charge on any atom is -0.358 e. The average Bonchev–Trinajstić information content (AvgIpc) is 2.78. The van der Waals surface area contributed by atoms with Gasteiger partial charge < -0.3 is 10.3 Å². The summed E-state index contributed by atoms with van der Waals surface area (Å²) in [5, 5.41) is 6.98. The van der Waals surface area contributed by atoms with Crippen molar-refractivity contribution >= 4 is 29.3 Å². The predicted molar refractivity (Wildman–Crippen MR) is 67.4 cm³/mol. The summed E-state index contributed by atoms with van der Waals surface area (Å²) >= 11 is 5.23. The number of hydrogen-bond acceptors (Lipinski definition) is 3. The van der Waals surface area contributed by atoms with Crippen LogP contribution < -0.4 is 5.32 Å². The lowest BCUT2D eigenvalue weighted by Crippen LogP contribution is -2.24. The fourth-order valence-electron chi connectivity index (χ4n) is 1.85. The van der Waals surface area contributed by atoms with Gasteiger partial charge in [-0.3, -0.25) is 9.36 Å². The third kappa shape index (κ3) is 1.86. The molecule has 17 heavy (non-hydrogen) atoms. The summed E-state index contributed by atoms with van der Waals surface area (Å²) < 4.78 is 4.17. The highest BCUT2D eigenvalue weighted by atomic mass is 32.1. The summed E-state index contributed by atoms with van der Waals surface area (Å²) in [5.41, 5.74) is 2.67. The topological polar surface area (TPSA) is 67.6 Å². The molecule has 92 valence electrons. The fourth-order valence-corrected chi connectivity index (χ4v) is 2.10. The largest absolute Gasteiger partial charge is 0.358 e. The number of aromatic nitrogens is 4. The normalized spacial score (nSPS) is 11.0. The summed E-state index contributed by atoms with van der Waals surface area (Å²) in [6, 6.07) is 0. The van der Waals surface area contributed by atoms with Gasteiger partial charge in [0.1, 0.15) is 12.1 Å². The molecule has 2 N–H and O–H groups in total. The number of carbonyl (C=O) groups is 1. The van der Waals surface area contributed by atoms with Crippen LogP contribution in [0.25, 0.3) is 11.2 Å². The lowest BCUT2D eigenvalue weighted by molar-refractivity contribution is -0.121. The van der Waals surface area contributed by atoms with Crippen LogP contribution >= 0.6 is 12.2 Å². The Bertz CT molecular complexity index is 620. The third-order valence-electron chi connectivity index (χ3n) is 2.71. The number of aromatic amines is 1. The maximum Gasteiger partial charge on any atom is 0.239 e. The van der Waals surface area contributed by atoms with Crippen LogP contribution in [-0.4, -0.2) is 32.3 Å². The minimum atomic E-state index is -0.0801. The second-order valence-corrected chi connectivity index (χ2v) is 4.18. The van der Waals surface area contributed by atoms with E-state index in [0.29, 0.717) is 4.77 Å². The van der Waals surface area contributed by atoms with Crippen LogP contribution in [0.15, 0.2) is 0 Å². The number of fused-ring (bicyclic) bond motifs is 1. The number of amides is 1. The number of nitrogens with one attached hydrogen (secondary N) is 2. The van der Waals surface area contributed by atoms with E-state index in [1.165, 1.54) is 0 Å². The highest BCUT2D eigenvalue weighted by Crippen LogP contribution is 2.17. The van der Waals surface area contributed by atoms with Crippen molar-refractivity contribution in [2.45, 2.75) is 26.9 Å². The molecule has 7 heteroatoms. The molecule has 1 amide bonds. The number of hydrogen-bond donors (Lipinski definition) is 2. The Morgan fingerprint density at radius 3 is 2.88 bits per heavy atom. The standard InChI is InChI=1S/C10H15N5OS/c1-4-15-9-8(6(2)13-15)12-10(17)14(9)5-7(16)11-3/h4-5H2,1-3H3,(H,11,16)(H,12,17). The fraction of sp³-hybridized carbons (Fsp3) is 0.500. The first-order chi connectivity index (χ1) is 8.08. The molecule has 0 fully saturated rings. The van der Waals surface area contributed by atoms with Crippen LogP contribution in [0.2, 0.25) is 0 Å². The second kappa shape index (κ2) is 4.33. The Morgan fingerprint density at radius 2 is 2.29 bits per heavy atom. The maximum absolute atomic E-state index is 11.5. The molecule has 0 atom stereocenters. The lowest BCUT2D eigenvalue weighted by atomic mass is 10.4. The van der Waals surface area contributed by atoms with Gasteiger partial charge >= 0.3 is 0 Å². The Morgan fingerprint density at radius 1 is 1.59 bits per heavy atom. The van der Waals surface area contributed by atoms with Crippen molar-refractivity contribution in [1.29, 1.82) is 0 Å². The Balaban J connectivity index is 2.64. The molecule has 2 rings (SSSR count). The zero-order chi connectivity index (χ0) is 12.6. The van der Waals surface area contributed by atoms with E-state index >= 15 is 0 Å². The molecule has 0 aliphatic rings. The van der Waals surface area contributed by atoms with E-state index < -0.39 is 0 Å². The average molecular weight is 253 g/mol. The van der Waals surface area contributed by atoms with Gasteiger partial charge in [-0.05, 0) is 26.1 Å². The predicted octanol–water partition coefficient (Wildman–Crippen LogP) is 0.970. The molecule has 0 bridgehead atoms. The molecule has 0 unspecified atom stereocenters. The van der Waals surface area contributed by atoms with Gasteiger partial charge in [0.15, 0.2) is 10.4 Å². The number of rotatable bonds is 3. The molecule has 6 nitrogen and oxygen atoms in total. The van der Waals surface area contributed by atoms with Crippen molar-refractivity contribution in [3.8, 4) is 0 Å². The van der Waals surface area contributed by atoms with E-state index in [-0.39, 0.29) is 12.5 Å². The molecule has 0 spiro atoms. The van der Waals surface area contributed by atoms with Crippen molar-refractivity contribution in [2.75, 3.05) is 7.05 Å². The summed E-state index contributed by atoms with van der Waals surface area (Å²) in [5.74, 6) is -0.0801. The monoisotopic (exact) mass is 253 g/mol. The van der Waals surface area contributed by atoms with Crippen LogP contribution in [-0.2, 0) is 17.9 Å². The molecule has 2 aromatic rings. The Labute approximate surface area is 104 Å². The van der Waals surface area contributed by atoms with Gasteiger partial charge in [-0.25, -0.2) is 4.68 Å². The molecule has 2 aromatic heterocycles. The van der Waals surface area contributed by atoms with Crippen LogP contribution in [0.1, 0.15) is 12.6 Å². The highest BCUT2D eigenvalue weighted by Gasteiger charge is 2.15. The smallest absolute Gasteiger partial charge is 0.239 e. The van der Waals surface area contributed by atoms with Gasteiger partial charge in [0, 0.05) is 13.6 Å². The van der Waals surface area contributed by atoms with Gasteiger partial charge in [-0.1, -0.05) is 0 Å². The van der Waals surface area contributed by atoms with Crippen molar-refractivity contribution in [1.82, 2.24) is 24.6 Å². The van der Waals surface area contributed by atoms with Crippen molar-refractivity contribution in [2.24, 2.45) is 0 Å². The summed E-state index contributed by atoms with van der Waals surface area (Å²) in [6.45, 7) is 4.88. The van der Waals surface area contributed by atoms with Gasteiger partial charge in [-0.15, -0.1) is 0 Å². The molecule has 0 saturated carbocycles. The number of nitrogens with zero attached hydrogens (tertiary/aromatic N) is 3. The number of carbonyl (C=O) groups excluding carboxylic acids is 1. The maximum atomic E-state index is 11.5. The van der Waals surface area contributed by atoms with Crippen LogP contribution in [0, 0.1) is 11.7 Å². The first-order valence-electron chi connectivity index (χ1n) is 5.45. The highest BCUT2D eigenvalue weighted by molar-refractivity contribution is 7.71. The molecule has 0 saturated heterocycles. The summed E-state index contributed by atoms with van der Waals surface area (Å²) in [4.78, 5) is 14.6. The van der Waals surface area contributed by atoms with Gasteiger partial charge in [-0.2, -0.15) is 5.10 Å². The molecule has 0 aromatic carbocycles. The summed E-state index contributed by atoms with van der Waals surface area (Å²) in [6.07, 6.45) is 0. The zero-order valence-electron chi connectivity index (χ0n) is 10.1. The van der Waals surface area contributed by atoms with Gasteiger partial charge in [0.25, 0.3) is 0 Å². The second-order valence-electron chi connectivity index (χ2n) is 3.79. The van der Waals surface area contributed by atoms with E-state index in [9.17, 15) is 4.79 Å². The lowest BCUT2D eigenvalue weighted by Gasteiger charge is -2.04. The van der Waals surface area contributed by atoms with Crippen LogP contribution in [0.4, 0.5) is 0 Å². The van der Waals surface area contributed by atoms with Gasteiger partial charge in [0.05, 0.1) is 5.69 Å². The van der Waals surface area contributed by atoms with E-state index in [2.05, 4.69) is 15.4 Å². The Hall–Kier alpha value is -1.63. The van der Waals surface area contributed by atoms with Crippen LogP contribution in [0.3, 0.4) is 0 Å². The number of aryl methyl sites for hydroxylation is 2.